The molecule has 9 heteroatoms. The van der Waals surface area contributed by atoms with Gasteiger partial charge in [-0.25, -0.2) is 18.9 Å². The maximum atomic E-state index is 13.3. The first kappa shape index (κ1) is 18.1. The minimum Gasteiger partial charge on any atom is -0.366 e. The van der Waals surface area contributed by atoms with Gasteiger partial charge in [-0.2, -0.15) is 0 Å². The Morgan fingerprint density at radius 3 is 2.41 bits per heavy atom. The average Bonchev–Trinajstić information content (AvgIpc) is 2.73. The first-order chi connectivity index (χ1) is 14.0. The Morgan fingerprint density at radius 2 is 1.69 bits per heavy atom. The quantitative estimate of drug-likeness (QED) is 0.538. The van der Waals surface area contributed by atoms with Crippen LogP contribution in [-0.2, 0) is 6.67 Å². The molecule has 0 atom stereocenters. The molecule has 3 aromatic heterocycles. The van der Waals surface area contributed by atoms with Crippen molar-refractivity contribution in [1.29, 1.82) is 0 Å². The van der Waals surface area contributed by atoms with Crippen LogP contribution < -0.4 is 22.4 Å². The molecule has 1 amide bonds. The summed E-state index contributed by atoms with van der Waals surface area (Å²) in [5.74, 6) is -0.713. The molecule has 0 saturated carbocycles. The van der Waals surface area contributed by atoms with Gasteiger partial charge in [0.15, 0.2) is 11.1 Å². The van der Waals surface area contributed by atoms with Gasteiger partial charge in [-0.15, -0.1) is 0 Å². The summed E-state index contributed by atoms with van der Waals surface area (Å²) in [6.45, 7) is -0.123. The zero-order chi connectivity index (χ0) is 20.5. The summed E-state index contributed by atoms with van der Waals surface area (Å²) >= 11 is 0. The van der Waals surface area contributed by atoms with Crippen LogP contribution in [0.25, 0.3) is 16.7 Å². The summed E-state index contributed by atoms with van der Waals surface area (Å²) in [5.41, 5.74) is 4.52. The number of aromatic nitrogens is 4. The van der Waals surface area contributed by atoms with Crippen LogP contribution in [0.3, 0.4) is 0 Å². The van der Waals surface area contributed by atoms with Crippen LogP contribution in [0.2, 0.25) is 0 Å². The SMILES string of the molecule is NC(=O)c1ccccc1-n1c(=O)n(Cn2ccc(=O)cc2)c(=O)c2cccnc21. The van der Waals surface area contributed by atoms with E-state index in [0.29, 0.717) is 0 Å². The molecule has 2 N–H and O–H groups in total. The topological polar surface area (TPSA) is 122 Å². The lowest BCUT2D eigenvalue weighted by molar-refractivity contribution is 0.100. The summed E-state index contributed by atoms with van der Waals surface area (Å²) in [5, 5.41) is 0.201. The minimum absolute atomic E-state index is 0.118. The summed E-state index contributed by atoms with van der Waals surface area (Å²) in [7, 11) is 0. The van der Waals surface area contributed by atoms with Crippen molar-refractivity contribution in [3.05, 3.63) is 104 Å². The second-order valence-corrected chi connectivity index (χ2v) is 6.30. The highest BCUT2D eigenvalue weighted by Gasteiger charge is 2.18. The predicted octanol–water partition coefficient (Wildman–Crippen LogP) is 0.314. The number of primary amides is 1. The predicted molar refractivity (Wildman–Crippen MR) is 106 cm³/mol. The first-order valence-corrected chi connectivity index (χ1v) is 8.63. The third-order valence-electron chi connectivity index (χ3n) is 4.47. The van der Waals surface area contributed by atoms with Crippen LogP contribution in [-0.4, -0.2) is 24.6 Å². The van der Waals surface area contributed by atoms with Crippen molar-refractivity contribution in [2.75, 3.05) is 0 Å². The molecule has 0 aliphatic rings. The van der Waals surface area contributed by atoms with E-state index in [1.165, 1.54) is 45.9 Å². The van der Waals surface area contributed by atoms with Crippen LogP contribution in [0.5, 0.6) is 0 Å². The lowest BCUT2D eigenvalue weighted by Gasteiger charge is -2.16. The Kier molecular flexibility index (Phi) is 4.40. The number of para-hydroxylation sites is 1. The van der Waals surface area contributed by atoms with Crippen molar-refractivity contribution in [3.8, 4) is 5.69 Å². The molecule has 0 saturated heterocycles. The van der Waals surface area contributed by atoms with E-state index in [9.17, 15) is 19.2 Å². The molecule has 0 spiro atoms. The second kappa shape index (κ2) is 7.04. The van der Waals surface area contributed by atoms with E-state index in [0.717, 1.165) is 4.57 Å². The number of hydrogen-bond acceptors (Lipinski definition) is 5. The Balaban J connectivity index is 2.06. The number of rotatable bonds is 4. The smallest absolute Gasteiger partial charge is 0.338 e. The fraction of sp³-hybridized carbons (Fsp3) is 0.0500. The number of nitrogens with two attached hydrogens (primary N) is 1. The van der Waals surface area contributed by atoms with Gasteiger partial charge < -0.3 is 10.3 Å². The Bertz CT molecular complexity index is 1410. The van der Waals surface area contributed by atoms with Gasteiger partial charge in [0, 0.05) is 30.7 Å². The molecule has 9 nitrogen and oxygen atoms in total. The van der Waals surface area contributed by atoms with Crippen molar-refractivity contribution in [2.24, 2.45) is 5.73 Å². The number of amides is 1. The zero-order valence-electron chi connectivity index (χ0n) is 15.1. The van der Waals surface area contributed by atoms with Crippen LogP contribution >= 0.6 is 0 Å². The Labute approximate surface area is 162 Å². The molecule has 3 heterocycles. The largest absolute Gasteiger partial charge is 0.366 e. The number of nitrogens with zero attached hydrogens (tertiary/aromatic N) is 4. The maximum Gasteiger partial charge on any atom is 0.338 e. The van der Waals surface area contributed by atoms with E-state index in [4.69, 9.17) is 5.73 Å². The average molecular weight is 389 g/mol. The molecule has 4 aromatic rings. The molecule has 0 radical (unpaired) electrons. The summed E-state index contributed by atoms with van der Waals surface area (Å²) < 4.78 is 3.72. The van der Waals surface area contributed by atoms with E-state index in [-0.39, 0.29) is 34.4 Å². The number of fused-ring (bicyclic) bond motifs is 1. The highest BCUT2D eigenvalue weighted by atomic mass is 16.2. The van der Waals surface area contributed by atoms with Crippen molar-refractivity contribution in [3.63, 3.8) is 0 Å². The van der Waals surface area contributed by atoms with E-state index < -0.39 is 17.2 Å². The Morgan fingerprint density at radius 1 is 0.966 bits per heavy atom. The lowest BCUT2D eigenvalue weighted by atomic mass is 10.1. The van der Waals surface area contributed by atoms with E-state index in [1.54, 1.807) is 30.3 Å². The molecule has 1 aromatic carbocycles. The molecule has 4 rings (SSSR count). The van der Waals surface area contributed by atoms with Crippen molar-refractivity contribution >= 4 is 16.9 Å². The van der Waals surface area contributed by atoms with E-state index >= 15 is 0 Å². The molecular formula is C20H15N5O4. The van der Waals surface area contributed by atoms with Gasteiger partial charge in [-0.3, -0.25) is 14.4 Å². The van der Waals surface area contributed by atoms with E-state index in [2.05, 4.69) is 4.98 Å². The lowest BCUT2D eigenvalue weighted by Crippen LogP contribution is -2.41. The van der Waals surface area contributed by atoms with Crippen molar-refractivity contribution in [2.45, 2.75) is 6.67 Å². The molecule has 29 heavy (non-hydrogen) atoms. The fourth-order valence-electron chi connectivity index (χ4n) is 3.11. The third-order valence-corrected chi connectivity index (χ3v) is 4.47. The van der Waals surface area contributed by atoms with Crippen LogP contribution in [0.4, 0.5) is 0 Å². The molecule has 0 fully saturated rings. The van der Waals surface area contributed by atoms with Gasteiger partial charge in [-0.05, 0) is 24.3 Å². The number of hydrogen-bond donors (Lipinski definition) is 1. The number of carbonyl (C=O) groups is 1. The number of pyridine rings is 2. The molecule has 0 unspecified atom stereocenters. The molecular weight excluding hydrogens is 374 g/mol. The van der Waals surface area contributed by atoms with Crippen LogP contribution in [0, 0.1) is 0 Å². The fourth-order valence-corrected chi connectivity index (χ4v) is 3.11. The number of benzene rings is 1. The van der Waals surface area contributed by atoms with Crippen LogP contribution in [0.1, 0.15) is 10.4 Å². The summed E-state index contributed by atoms with van der Waals surface area (Å²) in [6.07, 6.45) is 4.41. The zero-order valence-corrected chi connectivity index (χ0v) is 15.1. The summed E-state index contributed by atoms with van der Waals surface area (Å²) in [6, 6.07) is 12.1. The monoisotopic (exact) mass is 389 g/mol. The van der Waals surface area contributed by atoms with Gasteiger partial charge in [0.1, 0.15) is 6.67 Å². The number of carbonyl (C=O) groups excluding carboxylic acids is 1. The normalized spacial score (nSPS) is 10.9. The van der Waals surface area contributed by atoms with Gasteiger partial charge in [0.2, 0.25) is 0 Å². The third kappa shape index (κ3) is 3.14. The minimum atomic E-state index is -0.713. The molecule has 144 valence electrons. The van der Waals surface area contributed by atoms with Gasteiger partial charge in [0.05, 0.1) is 16.6 Å². The van der Waals surface area contributed by atoms with Gasteiger partial charge in [0.25, 0.3) is 11.5 Å². The second-order valence-electron chi connectivity index (χ2n) is 6.30. The molecule has 0 aliphatic carbocycles. The highest BCUT2D eigenvalue weighted by Crippen LogP contribution is 2.16. The standard InChI is InChI=1S/C20H15N5O4/c21-17(27)14-4-1-2-6-16(14)25-18-15(5-3-9-22-18)19(28)24(20(25)29)12-23-10-7-13(26)8-11-23/h1-11H,12H2,(H2,21,27). The highest BCUT2D eigenvalue weighted by molar-refractivity contribution is 5.97. The molecule has 0 bridgehead atoms. The van der Waals surface area contributed by atoms with Crippen molar-refractivity contribution < 1.29 is 4.79 Å². The summed E-state index contributed by atoms with van der Waals surface area (Å²) in [4.78, 5) is 53.7. The van der Waals surface area contributed by atoms with E-state index in [1.807, 2.05) is 0 Å². The maximum absolute atomic E-state index is 13.3. The van der Waals surface area contributed by atoms with Gasteiger partial charge >= 0.3 is 5.69 Å². The van der Waals surface area contributed by atoms with Gasteiger partial charge in [-0.1, -0.05) is 12.1 Å². The molecule has 0 aliphatic heterocycles. The van der Waals surface area contributed by atoms with Crippen LogP contribution in [0.15, 0.2) is 81.5 Å². The van der Waals surface area contributed by atoms with Crippen molar-refractivity contribution in [1.82, 2.24) is 18.7 Å². The Hall–Kier alpha value is -4.27. The first-order valence-electron chi connectivity index (χ1n) is 8.63.